The van der Waals surface area contributed by atoms with Crippen LogP contribution >= 0.6 is 0 Å². The highest BCUT2D eigenvalue weighted by Crippen LogP contribution is 2.20. The van der Waals surface area contributed by atoms with Crippen molar-refractivity contribution >= 4 is 46.9 Å². The lowest BCUT2D eigenvalue weighted by Crippen LogP contribution is -2.56. The topological polar surface area (TPSA) is 217 Å². The fourth-order valence-corrected chi connectivity index (χ4v) is 4.07. The predicted molar refractivity (Wildman–Crippen MR) is 141 cm³/mol. The number of nitro groups is 1. The van der Waals surface area contributed by atoms with E-state index in [1.165, 1.54) is 43.0 Å². The Kier molecular flexibility index (Phi) is 11.5. The molecule has 1 aromatic rings. The number of rotatable bonds is 13. The number of amides is 5. The molecular formula is C25H34N6O9. The van der Waals surface area contributed by atoms with Crippen molar-refractivity contribution in [2.24, 2.45) is 0 Å². The Morgan fingerprint density at radius 1 is 1.00 bits per heavy atom. The van der Waals surface area contributed by atoms with Crippen LogP contribution in [-0.2, 0) is 28.8 Å². The molecule has 1 aliphatic rings. The number of carboxylic acid groups (broad SMARTS) is 1. The lowest BCUT2D eigenvalue weighted by Gasteiger charge is -2.29. The summed E-state index contributed by atoms with van der Waals surface area (Å²) in [4.78, 5) is 85.2. The number of carboxylic acids is 1. The van der Waals surface area contributed by atoms with Gasteiger partial charge in [0.2, 0.25) is 29.5 Å². The number of likely N-dealkylation sites (tertiary alicyclic amines) is 1. The zero-order valence-electron chi connectivity index (χ0n) is 22.5. The lowest BCUT2D eigenvalue weighted by atomic mass is 10.1. The van der Waals surface area contributed by atoms with E-state index in [0.29, 0.717) is 18.5 Å². The number of nitrogens with zero attached hydrogens (tertiary/aromatic N) is 2. The van der Waals surface area contributed by atoms with Gasteiger partial charge in [-0.05, 0) is 45.2 Å². The van der Waals surface area contributed by atoms with Crippen LogP contribution < -0.4 is 21.3 Å². The average molecular weight is 563 g/mol. The molecule has 15 nitrogen and oxygen atoms in total. The summed E-state index contributed by atoms with van der Waals surface area (Å²) < 4.78 is 0. The van der Waals surface area contributed by atoms with Gasteiger partial charge in [0.05, 0.1) is 11.3 Å². The van der Waals surface area contributed by atoms with Gasteiger partial charge in [-0.3, -0.25) is 38.9 Å². The molecule has 1 aliphatic heterocycles. The van der Waals surface area contributed by atoms with E-state index in [-0.39, 0.29) is 31.5 Å². The second kappa shape index (κ2) is 14.6. The summed E-state index contributed by atoms with van der Waals surface area (Å²) in [5.41, 5.74) is 0.183. The Labute approximate surface area is 230 Å². The molecule has 0 aliphatic carbocycles. The number of aliphatic carboxylic acids is 1. The minimum Gasteiger partial charge on any atom is -0.481 e. The van der Waals surface area contributed by atoms with Crippen molar-refractivity contribution in [1.29, 1.82) is 0 Å². The van der Waals surface area contributed by atoms with Crippen LogP contribution in [0.5, 0.6) is 0 Å². The highest BCUT2D eigenvalue weighted by molar-refractivity contribution is 5.99. The number of non-ortho nitro benzene ring substituents is 1. The summed E-state index contributed by atoms with van der Waals surface area (Å²) in [7, 11) is 0. The number of anilines is 1. The van der Waals surface area contributed by atoms with Crippen LogP contribution in [0.25, 0.3) is 0 Å². The molecule has 1 aromatic carbocycles. The molecule has 218 valence electrons. The maximum atomic E-state index is 13.1. The van der Waals surface area contributed by atoms with Gasteiger partial charge in [-0.2, -0.15) is 0 Å². The Morgan fingerprint density at radius 3 is 2.23 bits per heavy atom. The molecule has 4 atom stereocenters. The molecule has 1 heterocycles. The Hall–Kier alpha value is -4.56. The molecule has 0 radical (unpaired) electrons. The summed E-state index contributed by atoms with van der Waals surface area (Å²) in [5.74, 6) is -4.00. The van der Waals surface area contributed by atoms with Crippen molar-refractivity contribution in [3.8, 4) is 0 Å². The van der Waals surface area contributed by atoms with Gasteiger partial charge in [0, 0.05) is 30.8 Å². The van der Waals surface area contributed by atoms with Crippen molar-refractivity contribution in [1.82, 2.24) is 20.9 Å². The van der Waals surface area contributed by atoms with E-state index in [1.807, 2.05) is 0 Å². The predicted octanol–water partition coefficient (Wildman–Crippen LogP) is 0.293. The van der Waals surface area contributed by atoms with Gasteiger partial charge in [-0.15, -0.1) is 0 Å². The molecule has 0 saturated carbocycles. The number of nitrogens with one attached hydrogen (secondary N) is 4. The Morgan fingerprint density at radius 2 is 1.65 bits per heavy atom. The first kappa shape index (κ1) is 31.7. The second-order valence-electron chi connectivity index (χ2n) is 9.37. The zero-order valence-corrected chi connectivity index (χ0v) is 22.5. The van der Waals surface area contributed by atoms with Gasteiger partial charge >= 0.3 is 5.97 Å². The van der Waals surface area contributed by atoms with Gasteiger partial charge < -0.3 is 31.3 Å². The highest BCUT2D eigenvalue weighted by atomic mass is 16.6. The van der Waals surface area contributed by atoms with Crippen LogP contribution in [0.15, 0.2) is 24.3 Å². The van der Waals surface area contributed by atoms with Crippen LogP contribution in [0.3, 0.4) is 0 Å². The third-order valence-corrected chi connectivity index (χ3v) is 6.29. The summed E-state index contributed by atoms with van der Waals surface area (Å²) in [5, 5.41) is 29.6. The van der Waals surface area contributed by atoms with Crippen molar-refractivity contribution in [2.45, 2.75) is 77.0 Å². The monoisotopic (exact) mass is 562 g/mol. The van der Waals surface area contributed by atoms with Gasteiger partial charge in [0.15, 0.2) is 0 Å². The number of hydrogen-bond donors (Lipinski definition) is 5. The van der Waals surface area contributed by atoms with E-state index in [2.05, 4.69) is 21.3 Å². The number of hydrogen-bond acceptors (Lipinski definition) is 8. The second-order valence-corrected chi connectivity index (χ2v) is 9.37. The molecule has 1 saturated heterocycles. The van der Waals surface area contributed by atoms with E-state index < -0.39 is 64.6 Å². The first-order valence-electron chi connectivity index (χ1n) is 12.8. The third kappa shape index (κ3) is 9.03. The number of carbonyl (C=O) groups excluding carboxylic acids is 5. The Bertz CT molecular complexity index is 1140. The third-order valence-electron chi connectivity index (χ3n) is 6.29. The highest BCUT2D eigenvalue weighted by Gasteiger charge is 2.37. The van der Waals surface area contributed by atoms with Gasteiger partial charge in [0.25, 0.3) is 5.69 Å². The molecule has 5 N–H and O–H groups in total. The van der Waals surface area contributed by atoms with Crippen molar-refractivity contribution in [3.63, 3.8) is 0 Å². The normalized spacial score (nSPS) is 16.7. The van der Waals surface area contributed by atoms with E-state index in [0.717, 1.165) is 0 Å². The fourth-order valence-electron chi connectivity index (χ4n) is 4.07. The van der Waals surface area contributed by atoms with Crippen molar-refractivity contribution in [3.05, 3.63) is 34.4 Å². The molecule has 40 heavy (non-hydrogen) atoms. The minimum absolute atomic E-state index is 0.135. The molecule has 1 fully saturated rings. The SMILES string of the molecule is CC[C@H](NC(=O)[C@@H]1CCCN1C(=O)[C@@H](C)NC(=O)[C@@H](C)NC(=O)CCC(=O)O)C(=O)Nc1ccc([N+](=O)[O-])cc1. The molecule has 2 rings (SSSR count). The Balaban J connectivity index is 1.94. The van der Waals surface area contributed by atoms with Crippen LogP contribution in [0, 0.1) is 10.1 Å². The minimum atomic E-state index is -1.15. The fraction of sp³-hybridized carbons (Fsp3) is 0.520. The first-order valence-corrected chi connectivity index (χ1v) is 12.8. The molecule has 0 unspecified atom stereocenters. The van der Waals surface area contributed by atoms with Crippen LogP contribution in [-0.4, -0.2) is 81.1 Å². The summed E-state index contributed by atoms with van der Waals surface area (Å²) in [6.45, 7) is 4.80. The number of benzene rings is 1. The maximum Gasteiger partial charge on any atom is 0.303 e. The van der Waals surface area contributed by atoms with Gasteiger partial charge in [0.1, 0.15) is 24.2 Å². The first-order chi connectivity index (χ1) is 18.8. The van der Waals surface area contributed by atoms with Crippen LogP contribution in [0.2, 0.25) is 0 Å². The van der Waals surface area contributed by atoms with Crippen LogP contribution in [0.1, 0.15) is 52.9 Å². The molecule has 0 bridgehead atoms. The molecule has 15 heteroatoms. The van der Waals surface area contributed by atoms with Crippen molar-refractivity contribution < 1.29 is 38.8 Å². The van der Waals surface area contributed by atoms with Gasteiger partial charge in [-0.25, -0.2) is 0 Å². The quantitative estimate of drug-likeness (QED) is 0.165. The lowest BCUT2D eigenvalue weighted by molar-refractivity contribution is -0.384. The number of nitro benzene ring substituents is 1. The standard InChI is InChI=1S/C25H34N6O9/c1-4-18(23(36)28-16-7-9-17(10-8-16)31(39)40)29-24(37)19-6-5-13-30(19)25(38)15(3)27-22(35)14(2)26-20(32)11-12-21(33)34/h7-10,14-15,18-19H,4-6,11-13H2,1-3H3,(H,26,32)(H,27,35)(H,28,36)(H,29,37)(H,33,34)/t14-,15-,18+,19+/m1/s1. The molecule has 0 spiro atoms. The molecule has 0 aromatic heterocycles. The smallest absolute Gasteiger partial charge is 0.303 e. The molecule has 5 amide bonds. The van der Waals surface area contributed by atoms with E-state index >= 15 is 0 Å². The van der Waals surface area contributed by atoms with Gasteiger partial charge in [-0.1, -0.05) is 6.92 Å². The van der Waals surface area contributed by atoms with E-state index in [1.54, 1.807) is 6.92 Å². The zero-order chi connectivity index (χ0) is 30.0. The van der Waals surface area contributed by atoms with E-state index in [4.69, 9.17) is 5.11 Å². The summed E-state index contributed by atoms with van der Waals surface area (Å²) >= 11 is 0. The summed E-state index contributed by atoms with van der Waals surface area (Å²) in [6, 6.07) is 1.40. The van der Waals surface area contributed by atoms with E-state index in [9.17, 15) is 38.9 Å². The van der Waals surface area contributed by atoms with Crippen LogP contribution in [0.4, 0.5) is 11.4 Å². The summed E-state index contributed by atoms with van der Waals surface area (Å²) in [6.07, 6.45) is 0.455. The average Bonchev–Trinajstić information content (AvgIpc) is 3.40. The maximum absolute atomic E-state index is 13.1. The van der Waals surface area contributed by atoms with Crippen molar-refractivity contribution in [2.75, 3.05) is 11.9 Å². The number of carbonyl (C=O) groups is 6. The molecular weight excluding hydrogens is 528 g/mol. The largest absolute Gasteiger partial charge is 0.481 e.